The van der Waals surface area contributed by atoms with Gasteiger partial charge in [-0.3, -0.25) is 19.4 Å². The highest BCUT2D eigenvalue weighted by Gasteiger charge is 2.25. The van der Waals surface area contributed by atoms with E-state index in [1.165, 1.54) is 12.1 Å². The number of benzene rings is 1. The van der Waals surface area contributed by atoms with Crippen LogP contribution in [0, 0.1) is 0 Å². The standard InChI is InChI=1S/C21H30F2N4O4/c1-24(14-17-2-4-18(5-3-17)31-21(22)23)19(28)15-25-6-8-27(9-7-25)20(29)16-26-10-12-30-13-11-26/h2-5,21H,6-16H2,1H3. The molecule has 2 fully saturated rings. The van der Waals surface area contributed by atoms with Gasteiger partial charge in [0.2, 0.25) is 11.8 Å². The van der Waals surface area contributed by atoms with Gasteiger partial charge in [-0.25, -0.2) is 0 Å². The Bertz CT molecular complexity index is 721. The summed E-state index contributed by atoms with van der Waals surface area (Å²) in [5, 5.41) is 0. The number of carbonyl (C=O) groups excluding carboxylic acids is 2. The molecule has 0 aliphatic carbocycles. The third-order valence-corrected chi connectivity index (χ3v) is 5.54. The molecule has 2 amide bonds. The Hall–Kier alpha value is -2.30. The number of carbonyl (C=O) groups is 2. The predicted octanol–water partition coefficient (Wildman–Crippen LogP) is 0.723. The topological polar surface area (TPSA) is 65.6 Å². The summed E-state index contributed by atoms with van der Waals surface area (Å²) in [5.74, 6) is 0.194. The fourth-order valence-corrected chi connectivity index (χ4v) is 3.66. The number of amides is 2. The van der Waals surface area contributed by atoms with Gasteiger partial charge in [0.05, 0.1) is 26.3 Å². The van der Waals surface area contributed by atoms with Gasteiger partial charge >= 0.3 is 6.61 Å². The largest absolute Gasteiger partial charge is 0.435 e. The van der Waals surface area contributed by atoms with Crippen LogP contribution < -0.4 is 4.74 Å². The van der Waals surface area contributed by atoms with Crippen molar-refractivity contribution in [2.75, 3.05) is 72.6 Å². The molecule has 0 unspecified atom stereocenters. The molecule has 0 spiro atoms. The molecule has 0 saturated carbocycles. The van der Waals surface area contributed by atoms with E-state index in [-0.39, 0.29) is 24.1 Å². The van der Waals surface area contributed by atoms with Gasteiger partial charge in [-0.05, 0) is 17.7 Å². The first-order valence-electron chi connectivity index (χ1n) is 10.5. The van der Waals surface area contributed by atoms with Crippen molar-refractivity contribution in [1.29, 1.82) is 0 Å². The molecule has 2 heterocycles. The zero-order chi connectivity index (χ0) is 22.2. The number of ether oxygens (including phenoxy) is 2. The van der Waals surface area contributed by atoms with E-state index >= 15 is 0 Å². The van der Waals surface area contributed by atoms with Gasteiger partial charge in [0, 0.05) is 52.9 Å². The van der Waals surface area contributed by atoms with Crippen LogP contribution in [0.1, 0.15) is 5.56 Å². The van der Waals surface area contributed by atoms with Crippen LogP contribution in [0.2, 0.25) is 0 Å². The van der Waals surface area contributed by atoms with Gasteiger partial charge in [0.1, 0.15) is 5.75 Å². The lowest BCUT2D eigenvalue weighted by Crippen LogP contribution is -2.53. The smallest absolute Gasteiger partial charge is 0.387 e. The molecule has 1 aromatic rings. The number of likely N-dealkylation sites (N-methyl/N-ethyl adjacent to an activating group) is 1. The molecule has 0 N–H and O–H groups in total. The molecule has 31 heavy (non-hydrogen) atoms. The van der Waals surface area contributed by atoms with Crippen molar-refractivity contribution < 1.29 is 27.8 Å². The van der Waals surface area contributed by atoms with Crippen molar-refractivity contribution >= 4 is 11.8 Å². The van der Waals surface area contributed by atoms with Gasteiger partial charge < -0.3 is 19.3 Å². The SMILES string of the molecule is CN(Cc1ccc(OC(F)F)cc1)C(=O)CN1CCN(C(=O)CN2CCOCC2)CC1. The Morgan fingerprint density at radius 3 is 2.23 bits per heavy atom. The van der Waals surface area contributed by atoms with E-state index in [1.54, 1.807) is 24.1 Å². The molecular formula is C21H30F2N4O4. The molecular weight excluding hydrogens is 410 g/mol. The van der Waals surface area contributed by atoms with E-state index in [0.717, 1.165) is 18.7 Å². The predicted molar refractivity (Wildman–Crippen MR) is 110 cm³/mol. The summed E-state index contributed by atoms with van der Waals surface area (Å²) in [6, 6.07) is 6.26. The number of halogens is 2. The first kappa shape index (κ1) is 23.4. The monoisotopic (exact) mass is 440 g/mol. The molecule has 0 aromatic heterocycles. The van der Waals surface area contributed by atoms with Crippen LogP contribution in [0.15, 0.2) is 24.3 Å². The van der Waals surface area contributed by atoms with E-state index < -0.39 is 6.61 Å². The highest BCUT2D eigenvalue weighted by Crippen LogP contribution is 2.16. The van der Waals surface area contributed by atoms with Gasteiger partial charge in [0.25, 0.3) is 0 Å². The lowest BCUT2D eigenvalue weighted by atomic mass is 10.2. The minimum atomic E-state index is -2.86. The highest BCUT2D eigenvalue weighted by molar-refractivity contribution is 5.79. The Labute approximate surface area is 181 Å². The Morgan fingerprint density at radius 2 is 1.61 bits per heavy atom. The number of alkyl halides is 2. The second-order valence-electron chi connectivity index (χ2n) is 7.82. The first-order valence-corrected chi connectivity index (χ1v) is 10.5. The summed E-state index contributed by atoms with van der Waals surface area (Å²) in [6.45, 7) is 3.70. The number of hydrogen-bond acceptors (Lipinski definition) is 6. The minimum Gasteiger partial charge on any atom is -0.435 e. The summed E-state index contributed by atoms with van der Waals surface area (Å²) in [7, 11) is 1.72. The number of nitrogens with zero attached hydrogens (tertiary/aromatic N) is 4. The van der Waals surface area contributed by atoms with E-state index in [0.29, 0.717) is 52.5 Å². The molecule has 172 valence electrons. The minimum absolute atomic E-state index is 0.0269. The average molecular weight is 440 g/mol. The number of morpholine rings is 1. The molecule has 0 bridgehead atoms. The fourth-order valence-electron chi connectivity index (χ4n) is 3.66. The zero-order valence-electron chi connectivity index (χ0n) is 17.8. The molecule has 2 aliphatic rings. The third-order valence-electron chi connectivity index (χ3n) is 5.54. The zero-order valence-corrected chi connectivity index (χ0v) is 17.8. The van der Waals surface area contributed by atoms with E-state index in [2.05, 4.69) is 14.5 Å². The van der Waals surface area contributed by atoms with Gasteiger partial charge in [0.15, 0.2) is 0 Å². The molecule has 1 aromatic carbocycles. The number of hydrogen-bond donors (Lipinski definition) is 0. The Kier molecular flexibility index (Phi) is 8.56. The fraction of sp³-hybridized carbons (Fsp3) is 0.619. The molecule has 2 aliphatic heterocycles. The second-order valence-corrected chi connectivity index (χ2v) is 7.82. The van der Waals surface area contributed by atoms with Crippen LogP contribution >= 0.6 is 0 Å². The van der Waals surface area contributed by atoms with Crippen molar-refractivity contribution in [2.24, 2.45) is 0 Å². The maximum absolute atomic E-state index is 12.6. The van der Waals surface area contributed by atoms with E-state index in [9.17, 15) is 18.4 Å². The Balaban J connectivity index is 1.38. The lowest BCUT2D eigenvalue weighted by Gasteiger charge is -2.36. The lowest BCUT2D eigenvalue weighted by molar-refractivity contribution is -0.136. The van der Waals surface area contributed by atoms with Crippen molar-refractivity contribution in [3.63, 3.8) is 0 Å². The second kappa shape index (κ2) is 11.4. The summed E-state index contributed by atoms with van der Waals surface area (Å²) in [6.07, 6.45) is 0. The van der Waals surface area contributed by atoms with Gasteiger partial charge in [-0.15, -0.1) is 0 Å². The third kappa shape index (κ3) is 7.41. The molecule has 8 nitrogen and oxygen atoms in total. The Morgan fingerprint density at radius 1 is 1.00 bits per heavy atom. The van der Waals surface area contributed by atoms with Crippen molar-refractivity contribution in [2.45, 2.75) is 13.2 Å². The van der Waals surface area contributed by atoms with Crippen LogP contribution in [0.3, 0.4) is 0 Å². The maximum Gasteiger partial charge on any atom is 0.387 e. The van der Waals surface area contributed by atoms with Crippen LogP contribution in [0.5, 0.6) is 5.75 Å². The van der Waals surface area contributed by atoms with Crippen molar-refractivity contribution in [1.82, 2.24) is 19.6 Å². The van der Waals surface area contributed by atoms with E-state index in [4.69, 9.17) is 4.74 Å². The molecule has 3 rings (SSSR count). The normalized spacial score (nSPS) is 18.3. The highest BCUT2D eigenvalue weighted by atomic mass is 19.3. The summed E-state index contributed by atoms with van der Waals surface area (Å²) < 4.78 is 34.1. The van der Waals surface area contributed by atoms with Crippen molar-refractivity contribution in [3.8, 4) is 5.75 Å². The first-order chi connectivity index (χ1) is 14.9. The molecule has 10 heteroatoms. The van der Waals surface area contributed by atoms with Gasteiger partial charge in [-0.2, -0.15) is 8.78 Å². The molecule has 0 atom stereocenters. The van der Waals surface area contributed by atoms with Crippen LogP contribution in [0.4, 0.5) is 8.78 Å². The average Bonchev–Trinajstić information content (AvgIpc) is 2.76. The maximum atomic E-state index is 12.6. The van der Waals surface area contributed by atoms with Crippen LogP contribution in [-0.2, 0) is 20.9 Å². The van der Waals surface area contributed by atoms with Gasteiger partial charge in [-0.1, -0.05) is 12.1 Å². The summed E-state index contributed by atoms with van der Waals surface area (Å²) >= 11 is 0. The van der Waals surface area contributed by atoms with Crippen LogP contribution in [0.25, 0.3) is 0 Å². The molecule has 0 radical (unpaired) electrons. The number of piperazine rings is 1. The number of rotatable bonds is 8. The van der Waals surface area contributed by atoms with E-state index in [1.807, 2.05) is 4.90 Å². The summed E-state index contributed by atoms with van der Waals surface area (Å²) in [4.78, 5) is 32.7. The van der Waals surface area contributed by atoms with Crippen molar-refractivity contribution in [3.05, 3.63) is 29.8 Å². The summed E-state index contributed by atoms with van der Waals surface area (Å²) in [5.41, 5.74) is 0.830. The molecule has 2 saturated heterocycles. The quantitative estimate of drug-likeness (QED) is 0.594. The van der Waals surface area contributed by atoms with Crippen LogP contribution in [-0.4, -0.2) is 111 Å².